The summed E-state index contributed by atoms with van der Waals surface area (Å²) in [6, 6.07) is 3.80. The number of carbonyl (C=O) groups is 1. The highest BCUT2D eigenvalue weighted by Crippen LogP contribution is 2.22. The molecule has 6 nitrogen and oxygen atoms in total. The molecule has 1 amide bonds. The molecular formula is C13H16FN3O3. The second kappa shape index (κ2) is 5.96. The lowest BCUT2D eigenvalue weighted by Crippen LogP contribution is -2.54. The predicted molar refractivity (Wildman–Crippen MR) is 70.6 cm³/mol. The van der Waals surface area contributed by atoms with E-state index in [2.05, 4.69) is 5.32 Å². The number of piperazine rings is 1. The smallest absolute Gasteiger partial charge is 0.305 e. The Morgan fingerprint density at radius 2 is 2.30 bits per heavy atom. The van der Waals surface area contributed by atoms with Crippen LogP contribution in [0.15, 0.2) is 18.2 Å². The Balaban J connectivity index is 2.23. The number of hydrogen-bond donors (Lipinski definition) is 1. The van der Waals surface area contributed by atoms with Crippen LogP contribution in [0.25, 0.3) is 0 Å². The molecule has 108 valence electrons. The zero-order valence-corrected chi connectivity index (χ0v) is 11.1. The molecule has 20 heavy (non-hydrogen) atoms. The molecule has 0 radical (unpaired) electrons. The van der Waals surface area contributed by atoms with Gasteiger partial charge in [-0.05, 0) is 6.42 Å². The molecule has 1 aliphatic heterocycles. The Bertz CT molecular complexity index is 536. The molecule has 1 atom stereocenters. The molecule has 1 heterocycles. The molecule has 1 saturated heterocycles. The molecular weight excluding hydrogens is 265 g/mol. The van der Waals surface area contributed by atoms with Crippen LogP contribution in [0.3, 0.4) is 0 Å². The van der Waals surface area contributed by atoms with Crippen LogP contribution in [-0.4, -0.2) is 34.9 Å². The lowest BCUT2D eigenvalue weighted by atomic mass is 10.1. The number of nitro benzene ring substituents is 1. The first-order valence-corrected chi connectivity index (χ1v) is 6.48. The first-order chi connectivity index (χ1) is 9.54. The van der Waals surface area contributed by atoms with E-state index in [1.807, 2.05) is 11.8 Å². The summed E-state index contributed by atoms with van der Waals surface area (Å²) < 4.78 is 14.0. The molecule has 1 N–H and O–H groups in total. The minimum atomic E-state index is -0.821. The van der Waals surface area contributed by atoms with E-state index in [1.54, 1.807) is 0 Å². The predicted octanol–water partition coefficient (Wildman–Crippen LogP) is 1.44. The van der Waals surface area contributed by atoms with Gasteiger partial charge in [0, 0.05) is 31.3 Å². The van der Waals surface area contributed by atoms with E-state index in [-0.39, 0.29) is 24.1 Å². The van der Waals surface area contributed by atoms with Gasteiger partial charge in [0.15, 0.2) is 0 Å². The zero-order valence-electron chi connectivity index (χ0n) is 11.1. The van der Waals surface area contributed by atoms with Gasteiger partial charge in [0.25, 0.3) is 0 Å². The maximum absolute atomic E-state index is 14.0. The number of halogens is 1. The Labute approximate surface area is 115 Å². The van der Waals surface area contributed by atoms with Gasteiger partial charge in [-0.1, -0.05) is 19.1 Å². The highest BCUT2D eigenvalue weighted by atomic mass is 19.1. The number of amides is 1. The molecule has 0 aliphatic carbocycles. The second-order valence-electron chi connectivity index (χ2n) is 4.69. The van der Waals surface area contributed by atoms with Crippen LogP contribution in [0.1, 0.15) is 18.9 Å². The van der Waals surface area contributed by atoms with Gasteiger partial charge in [-0.25, -0.2) is 0 Å². The van der Waals surface area contributed by atoms with E-state index in [9.17, 15) is 19.3 Å². The standard InChI is InChI=1S/C13H16FN3O3/c1-2-10-13(18)15-6-7-16(10)8-9-4-3-5-11(12(9)14)17(19)20/h3-5,10H,2,6-8H2,1H3,(H,15,18). The number of hydrogen-bond acceptors (Lipinski definition) is 4. The van der Waals surface area contributed by atoms with Crippen LogP contribution in [0.4, 0.5) is 10.1 Å². The van der Waals surface area contributed by atoms with Crippen molar-refractivity contribution in [1.82, 2.24) is 10.2 Å². The van der Waals surface area contributed by atoms with Gasteiger partial charge in [-0.3, -0.25) is 19.8 Å². The van der Waals surface area contributed by atoms with E-state index < -0.39 is 16.4 Å². The third kappa shape index (κ3) is 2.77. The van der Waals surface area contributed by atoms with Gasteiger partial charge in [0.2, 0.25) is 11.7 Å². The number of nitrogens with zero attached hydrogens (tertiary/aromatic N) is 2. The molecule has 0 saturated carbocycles. The zero-order chi connectivity index (χ0) is 14.7. The molecule has 0 aromatic heterocycles. The first-order valence-electron chi connectivity index (χ1n) is 6.48. The minimum absolute atomic E-state index is 0.0791. The van der Waals surface area contributed by atoms with Crippen LogP contribution < -0.4 is 5.32 Å². The molecule has 1 aromatic rings. The number of nitro groups is 1. The average molecular weight is 281 g/mol. The van der Waals surface area contributed by atoms with Crippen molar-refractivity contribution >= 4 is 11.6 Å². The van der Waals surface area contributed by atoms with Crippen LogP contribution in [0, 0.1) is 15.9 Å². The van der Waals surface area contributed by atoms with Crippen LogP contribution in [-0.2, 0) is 11.3 Å². The summed E-state index contributed by atoms with van der Waals surface area (Å²) in [6.45, 7) is 3.18. The number of nitrogens with one attached hydrogen (secondary N) is 1. The van der Waals surface area contributed by atoms with Crippen LogP contribution in [0.5, 0.6) is 0 Å². The number of carbonyl (C=O) groups excluding carboxylic acids is 1. The lowest BCUT2D eigenvalue weighted by molar-refractivity contribution is -0.387. The van der Waals surface area contributed by atoms with Gasteiger partial charge in [0.05, 0.1) is 11.0 Å². The van der Waals surface area contributed by atoms with E-state index >= 15 is 0 Å². The van der Waals surface area contributed by atoms with Crippen LogP contribution >= 0.6 is 0 Å². The maximum atomic E-state index is 14.0. The molecule has 1 aliphatic rings. The van der Waals surface area contributed by atoms with Gasteiger partial charge < -0.3 is 5.32 Å². The van der Waals surface area contributed by atoms with Crippen LogP contribution in [0.2, 0.25) is 0 Å². The Morgan fingerprint density at radius 3 is 2.95 bits per heavy atom. The molecule has 0 bridgehead atoms. The van der Waals surface area contributed by atoms with E-state index in [4.69, 9.17) is 0 Å². The Morgan fingerprint density at radius 1 is 1.55 bits per heavy atom. The summed E-state index contributed by atoms with van der Waals surface area (Å²) in [6.07, 6.45) is 0.613. The molecule has 1 unspecified atom stereocenters. The highest BCUT2D eigenvalue weighted by Gasteiger charge is 2.29. The Hall–Kier alpha value is -2.02. The van der Waals surface area contributed by atoms with E-state index in [0.29, 0.717) is 19.5 Å². The number of benzene rings is 1. The van der Waals surface area contributed by atoms with Crippen molar-refractivity contribution < 1.29 is 14.1 Å². The summed E-state index contributed by atoms with van der Waals surface area (Å²) >= 11 is 0. The molecule has 1 fully saturated rings. The van der Waals surface area contributed by atoms with E-state index in [0.717, 1.165) is 6.07 Å². The summed E-state index contributed by atoms with van der Waals surface area (Å²) in [5, 5.41) is 13.5. The summed E-state index contributed by atoms with van der Waals surface area (Å²) in [5.74, 6) is -0.900. The van der Waals surface area contributed by atoms with Crippen molar-refractivity contribution in [2.75, 3.05) is 13.1 Å². The molecule has 1 aromatic carbocycles. The fraction of sp³-hybridized carbons (Fsp3) is 0.462. The fourth-order valence-electron chi connectivity index (χ4n) is 2.44. The largest absolute Gasteiger partial charge is 0.353 e. The van der Waals surface area contributed by atoms with Crippen molar-refractivity contribution in [3.05, 3.63) is 39.7 Å². The monoisotopic (exact) mass is 281 g/mol. The van der Waals surface area contributed by atoms with Gasteiger partial charge in [-0.15, -0.1) is 0 Å². The van der Waals surface area contributed by atoms with Gasteiger partial charge in [-0.2, -0.15) is 4.39 Å². The topological polar surface area (TPSA) is 75.5 Å². The quantitative estimate of drug-likeness (QED) is 0.669. The van der Waals surface area contributed by atoms with Gasteiger partial charge in [0.1, 0.15) is 0 Å². The van der Waals surface area contributed by atoms with Crippen molar-refractivity contribution in [1.29, 1.82) is 0 Å². The number of rotatable bonds is 4. The van der Waals surface area contributed by atoms with Crippen molar-refractivity contribution in [2.24, 2.45) is 0 Å². The SMILES string of the molecule is CCC1C(=O)NCCN1Cc1cccc([N+](=O)[O-])c1F. The summed E-state index contributed by atoms with van der Waals surface area (Å²) in [7, 11) is 0. The second-order valence-corrected chi connectivity index (χ2v) is 4.69. The highest BCUT2D eigenvalue weighted by molar-refractivity contribution is 5.82. The fourth-order valence-corrected chi connectivity index (χ4v) is 2.44. The van der Waals surface area contributed by atoms with Gasteiger partial charge >= 0.3 is 5.69 Å². The average Bonchev–Trinajstić information content (AvgIpc) is 2.41. The summed E-state index contributed by atoms with van der Waals surface area (Å²) in [5.41, 5.74) is -0.288. The minimum Gasteiger partial charge on any atom is -0.353 e. The molecule has 2 rings (SSSR count). The maximum Gasteiger partial charge on any atom is 0.305 e. The third-order valence-corrected chi connectivity index (χ3v) is 3.46. The van der Waals surface area contributed by atoms with Crippen molar-refractivity contribution in [2.45, 2.75) is 25.9 Å². The molecule has 0 spiro atoms. The first kappa shape index (κ1) is 14.4. The van der Waals surface area contributed by atoms with Crippen molar-refractivity contribution in [3.63, 3.8) is 0 Å². The lowest BCUT2D eigenvalue weighted by Gasteiger charge is -2.34. The van der Waals surface area contributed by atoms with E-state index in [1.165, 1.54) is 12.1 Å². The molecule has 7 heteroatoms. The Kier molecular flexibility index (Phi) is 4.29. The normalized spacial score (nSPS) is 19.7. The summed E-state index contributed by atoms with van der Waals surface area (Å²) in [4.78, 5) is 23.6. The van der Waals surface area contributed by atoms with Crippen molar-refractivity contribution in [3.8, 4) is 0 Å². The third-order valence-electron chi connectivity index (χ3n) is 3.46.